The Balaban J connectivity index is 2.23. The first-order valence-corrected chi connectivity index (χ1v) is 5.62. The summed E-state index contributed by atoms with van der Waals surface area (Å²) in [5.41, 5.74) is 0.291. The minimum absolute atomic E-state index is 0.291. The molecule has 0 bridgehead atoms. The lowest BCUT2D eigenvalue weighted by Crippen LogP contribution is -2.31. The van der Waals surface area contributed by atoms with Crippen molar-refractivity contribution in [2.45, 2.75) is 0 Å². The van der Waals surface area contributed by atoms with Gasteiger partial charge >= 0.3 is 5.96 Å². The van der Waals surface area contributed by atoms with E-state index in [1.54, 1.807) is 23.9 Å². The van der Waals surface area contributed by atoms with Gasteiger partial charge in [-0.3, -0.25) is 10.6 Å². The van der Waals surface area contributed by atoms with Crippen molar-refractivity contribution in [2.24, 2.45) is 5.10 Å². The molecule has 2 rings (SSSR count). The SMILES string of the molecule is C[N+](/N=C/c1c(F)cccc1Cl)=C1NCCN1. The molecule has 0 aromatic heterocycles. The van der Waals surface area contributed by atoms with Crippen molar-refractivity contribution < 1.29 is 9.07 Å². The third-order valence-corrected chi connectivity index (χ3v) is 2.72. The molecule has 1 heterocycles. The van der Waals surface area contributed by atoms with E-state index in [2.05, 4.69) is 15.7 Å². The van der Waals surface area contributed by atoms with Crippen LogP contribution in [0, 0.1) is 5.82 Å². The summed E-state index contributed by atoms with van der Waals surface area (Å²) in [6.45, 7) is 1.71. The van der Waals surface area contributed by atoms with Gasteiger partial charge in [0.15, 0.2) is 0 Å². The molecule has 0 atom stereocenters. The molecule has 6 heteroatoms. The summed E-state index contributed by atoms with van der Waals surface area (Å²) in [5.74, 6) is 0.417. The number of hydrogen-bond acceptors (Lipinski definition) is 1. The lowest BCUT2D eigenvalue weighted by atomic mass is 10.2. The Kier molecular flexibility index (Phi) is 3.58. The van der Waals surface area contributed by atoms with Crippen LogP contribution in [-0.4, -0.2) is 37.0 Å². The number of benzene rings is 1. The fraction of sp³-hybridized carbons (Fsp3) is 0.273. The molecule has 0 unspecified atom stereocenters. The van der Waals surface area contributed by atoms with Gasteiger partial charge in [0.05, 0.1) is 36.9 Å². The molecule has 0 aliphatic carbocycles. The van der Waals surface area contributed by atoms with Gasteiger partial charge < -0.3 is 0 Å². The van der Waals surface area contributed by atoms with Crippen LogP contribution in [-0.2, 0) is 0 Å². The summed E-state index contributed by atoms with van der Waals surface area (Å²) in [4.78, 5) is 0. The highest BCUT2D eigenvalue weighted by atomic mass is 35.5. The zero-order valence-electron chi connectivity index (χ0n) is 9.37. The van der Waals surface area contributed by atoms with Crippen molar-refractivity contribution in [3.63, 3.8) is 0 Å². The maximum Gasteiger partial charge on any atom is 0.369 e. The molecule has 1 saturated heterocycles. The molecule has 4 nitrogen and oxygen atoms in total. The van der Waals surface area contributed by atoms with Gasteiger partial charge in [-0.15, -0.1) is 9.79 Å². The Hall–Kier alpha value is -1.62. The molecule has 1 aliphatic heterocycles. The molecular weight excluding hydrogens is 243 g/mol. The number of hydrazone groups is 1. The maximum absolute atomic E-state index is 13.4. The predicted octanol–water partition coefficient (Wildman–Crippen LogP) is 1.00. The molecule has 1 aliphatic rings. The van der Waals surface area contributed by atoms with Gasteiger partial charge in [0.1, 0.15) is 5.82 Å². The Morgan fingerprint density at radius 3 is 2.76 bits per heavy atom. The molecule has 1 aromatic rings. The van der Waals surface area contributed by atoms with Gasteiger partial charge in [-0.2, -0.15) is 0 Å². The van der Waals surface area contributed by atoms with E-state index in [0.29, 0.717) is 10.6 Å². The van der Waals surface area contributed by atoms with Crippen LogP contribution in [0.5, 0.6) is 0 Å². The zero-order chi connectivity index (χ0) is 12.3. The Morgan fingerprint density at radius 1 is 1.41 bits per heavy atom. The molecule has 1 fully saturated rings. The van der Waals surface area contributed by atoms with Crippen molar-refractivity contribution >= 4 is 23.8 Å². The molecule has 17 heavy (non-hydrogen) atoms. The third-order valence-electron chi connectivity index (χ3n) is 2.39. The lowest BCUT2D eigenvalue weighted by molar-refractivity contribution is -0.505. The summed E-state index contributed by atoms with van der Waals surface area (Å²) in [6.07, 6.45) is 1.41. The molecule has 90 valence electrons. The highest BCUT2D eigenvalue weighted by molar-refractivity contribution is 6.33. The number of rotatable bonds is 2. The fourth-order valence-electron chi connectivity index (χ4n) is 1.49. The summed E-state index contributed by atoms with van der Waals surface area (Å²) in [7, 11) is 1.77. The summed E-state index contributed by atoms with van der Waals surface area (Å²) < 4.78 is 15.1. The summed E-state index contributed by atoms with van der Waals surface area (Å²) >= 11 is 5.88. The zero-order valence-corrected chi connectivity index (χ0v) is 10.1. The summed E-state index contributed by atoms with van der Waals surface area (Å²) in [6, 6.07) is 4.55. The number of nitrogens with zero attached hydrogens (tertiary/aromatic N) is 2. The maximum atomic E-state index is 13.4. The number of guanidine groups is 1. The van der Waals surface area contributed by atoms with Gasteiger partial charge in [-0.25, -0.2) is 4.39 Å². The second-order valence-corrected chi connectivity index (χ2v) is 4.01. The Labute approximate surface area is 104 Å². The van der Waals surface area contributed by atoms with Gasteiger partial charge in [-0.1, -0.05) is 17.7 Å². The smallest absolute Gasteiger partial charge is 0.273 e. The average molecular weight is 256 g/mol. The Morgan fingerprint density at radius 2 is 2.12 bits per heavy atom. The van der Waals surface area contributed by atoms with Crippen LogP contribution in [0.2, 0.25) is 5.02 Å². The van der Waals surface area contributed by atoms with Gasteiger partial charge in [0.2, 0.25) is 0 Å². The van der Waals surface area contributed by atoms with Gasteiger partial charge in [0, 0.05) is 0 Å². The minimum atomic E-state index is -0.382. The number of hydrogen-bond donors (Lipinski definition) is 2. The second-order valence-electron chi connectivity index (χ2n) is 3.61. The lowest BCUT2D eigenvalue weighted by Gasteiger charge is -2.00. The van der Waals surface area contributed by atoms with Crippen molar-refractivity contribution in [3.05, 3.63) is 34.6 Å². The van der Waals surface area contributed by atoms with E-state index < -0.39 is 0 Å². The topological polar surface area (TPSA) is 39.4 Å². The Bertz CT molecular complexity index is 456. The predicted molar refractivity (Wildman–Crippen MR) is 66.2 cm³/mol. The van der Waals surface area contributed by atoms with Crippen LogP contribution >= 0.6 is 11.6 Å². The average Bonchev–Trinajstić information content (AvgIpc) is 2.81. The molecular formula is C11H13ClFN4+. The van der Waals surface area contributed by atoms with Gasteiger partial charge in [0.25, 0.3) is 0 Å². The monoisotopic (exact) mass is 255 g/mol. The number of halogens is 2. The summed E-state index contributed by atoms with van der Waals surface area (Å²) in [5, 5.41) is 10.7. The normalized spacial score (nSPS) is 14.9. The quantitative estimate of drug-likeness (QED) is 0.470. The van der Waals surface area contributed by atoms with E-state index in [9.17, 15) is 4.39 Å². The first-order chi connectivity index (χ1) is 8.18. The van der Waals surface area contributed by atoms with Crippen LogP contribution < -0.4 is 10.6 Å². The number of nitrogens with one attached hydrogen (secondary N) is 2. The van der Waals surface area contributed by atoms with E-state index in [4.69, 9.17) is 11.6 Å². The fourth-order valence-corrected chi connectivity index (χ4v) is 1.70. The van der Waals surface area contributed by atoms with E-state index >= 15 is 0 Å². The molecule has 2 N–H and O–H groups in total. The molecule has 0 amide bonds. The van der Waals surface area contributed by atoms with E-state index in [1.807, 2.05) is 0 Å². The van der Waals surface area contributed by atoms with Crippen LogP contribution in [0.3, 0.4) is 0 Å². The van der Waals surface area contributed by atoms with E-state index in [1.165, 1.54) is 12.3 Å². The van der Waals surface area contributed by atoms with Crippen LogP contribution in [0.1, 0.15) is 5.56 Å². The molecule has 0 saturated carbocycles. The third kappa shape index (κ3) is 2.74. The van der Waals surface area contributed by atoms with E-state index in [-0.39, 0.29) is 5.82 Å². The first-order valence-electron chi connectivity index (χ1n) is 5.25. The van der Waals surface area contributed by atoms with Crippen LogP contribution in [0.4, 0.5) is 4.39 Å². The van der Waals surface area contributed by atoms with Crippen molar-refractivity contribution in [1.82, 2.24) is 10.6 Å². The van der Waals surface area contributed by atoms with Crippen LogP contribution in [0.15, 0.2) is 23.3 Å². The van der Waals surface area contributed by atoms with Crippen molar-refractivity contribution in [3.8, 4) is 0 Å². The van der Waals surface area contributed by atoms with Gasteiger partial charge in [-0.05, 0) is 12.1 Å². The molecule has 1 aromatic carbocycles. The highest BCUT2D eigenvalue weighted by Gasteiger charge is 2.15. The molecule has 0 spiro atoms. The van der Waals surface area contributed by atoms with Crippen molar-refractivity contribution in [1.29, 1.82) is 0 Å². The second kappa shape index (κ2) is 5.14. The van der Waals surface area contributed by atoms with E-state index in [0.717, 1.165) is 19.0 Å². The van der Waals surface area contributed by atoms with Crippen molar-refractivity contribution in [2.75, 3.05) is 20.1 Å². The minimum Gasteiger partial charge on any atom is -0.273 e. The highest BCUT2D eigenvalue weighted by Crippen LogP contribution is 2.16. The first kappa shape index (κ1) is 11.9. The molecule has 0 radical (unpaired) electrons. The standard InChI is InChI=1S/C11H12ClFN4/c1-17(11-14-5-6-15-11)16-7-8-9(12)3-2-4-10(8)13/h2-4,7H,5-6H2,1H3,(H,14,15)/p+1/b16-7+. The largest absolute Gasteiger partial charge is 0.369 e. The van der Waals surface area contributed by atoms with Crippen LogP contribution in [0.25, 0.3) is 0 Å².